The molecule has 1 aromatic rings. The van der Waals surface area contributed by atoms with Crippen LogP contribution in [-0.4, -0.2) is 9.97 Å². The maximum atomic E-state index is 4.48. The van der Waals surface area contributed by atoms with Crippen LogP contribution in [0.5, 0.6) is 0 Å². The Labute approximate surface area is 123 Å². The van der Waals surface area contributed by atoms with Gasteiger partial charge in [0.25, 0.3) is 0 Å². The highest BCUT2D eigenvalue weighted by molar-refractivity contribution is 5.26. The zero-order valence-electron chi connectivity index (χ0n) is 12.8. The Hall–Kier alpha value is -1.05. The number of allylic oxidation sites excluding steroid dienone is 2. The number of hydrogen-bond acceptors (Lipinski definition) is 1. The molecule has 2 heteroatoms. The van der Waals surface area contributed by atoms with Crippen molar-refractivity contribution >= 4 is 0 Å². The number of H-pyrrole nitrogens is 1. The molecule has 0 aromatic carbocycles. The number of aromatic nitrogens is 2. The van der Waals surface area contributed by atoms with E-state index in [4.69, 9.17) is 0 Å². The predicted molar refractivity (Wildman–Crippen MR) is 83.6 cm³/mol. The van der Waals surface area contributed by atoms with E-state index in [-0.39, 0.29) is 0 Å². The van der Waals surface area contributed by atoms with Gasteiger partial charge in [-0.05, 0) is 37.5 Å². The van der Waals surface area contributed by atoms with Gasteiger partial charge >= 0.3 is 0 Å². The topological polar surface area (TPSA) is 28.7 Å². The van der Waals surface area contributed by atoms with Crippen molar-refractivity contribution < 1.29 is 0 Å². The lowest BCUT2D eigenvalue weighted by Gasteiger charge is -2.21. The molecule has 1 atom stereocenters. The van der Waals surface area contributed by atoms with Crippen molar-refractivity contribution in [3.8, 4) is 0 Å². The van der Waals surface area contributed by atoms with Gasteiger partial charge in [0.1, 0.15) is 0 Å². The highest BCUT2D eigenvalue weighted by Crippen LogP contribution is 2.53. The summed E-state index contributed by atoms with van der Waals surface area (Å²) in [5, 5.41) is 0. The largest absolute Gasteiger partial charge is 0.351 e. The van der Waals surface area contributed by atoms with Crippen molar-refractivity contribution in [2.45, 2.75) is 70.1 Å². The zero-order chi connectivity index (χ0) is 13.8. The fourth-order valence-corrected chi connectivity index (χ4v) is 3.90. The average Bonchev–Trinajstić information content (AvgIpc) is 3.12. The van der Waals surface area contributed by atoms with Crippen molar-refractivity contribution in [2.75, 3.05) is 0 Å². The Morgan fingerprint density at radius 3 is 2.80 bits per heavy atom. The van der Waals surface area contributed by atoms with Crippen LogP contribution in [0.15, 0.2) is 24.7 Å². The second-order valence-electron chi connectivity index (χ2n) is 6.91. The first-order valence-electron chi connectivity index (χ1n) is 8.47. The summed E-state index contributed by atoms with van der Waals surface area (Å²) in [6, 6.07) is 0. The molecule has 2 fully saturated rings. The minimum absolute atomic E-state index is 0.349. The summed E-state index contributed by atoms with van der Waals surface area (Å²) in [4.78, 5) is 7.59. The minimum Gasteiger partial charge on any atom is -0.351 e. The second kappa shape index (κ2) is 6.15. The lowest BCUT2D eigenvalue weighted by molar-refractivity contribution is 0.341. The summed E-state index contributed by atoms with van der Waals surface area (Å²) in [7, 11) is 0. The molecular formula is C18H28N2. The quantitative estimate of drug-likeness (QED) is 0.726. The first-order chi connectivity index (χ1) is 9.81. The van der Waals surface area contributed by atoms with E-state index in [1.54, 1.807) is 0 Å². The standard InChI is InChI=1S/C18H28N2/c1-15(18(11-12-18)17-13-19-14-20-17)7-5-6-10-16-8-3-2-4-9-16/h5,7,13-16H,2-4,6,8-12H2,1H3,(H,19,20)/b7-5-/t15-/m1/s1. The van der Waals surface area contributed by atoms with Crippen LogP contribution >= 0.6 is 0 Å². The first-order valence-corrected chi connectivity index (χ1v) is 8.47. The van der Waals surface area contributed by atoms with Gasteiger partial charge in [0.15, 0.2) is 0 Å². The van der Waals surface area contributed by atoms with Gasteiger partial charge in [-0.3, -0.25) is 0 Å². The Morgan fingerprint density at radius 2 is 2.15 bits per heavy atom. The number of aromatic amines is 1. The SMILES string of the molecule is C[C@H](/C=C\CCC1CCCCC1)C1(c2c[nH]cn2)CC1. The molecule has 0 aliphatic heterocycles. The molecule has 0 radical (unpaired) electrons. The van der Waals surface area contributed by atoms with Gasteiger partial charge < -0.3 is 4.98 Å². The van der Waals surface area contributed by atoms with Crippen LogP contribution in [0.1, 0.15) is 70.4 Å². The van der Waals surface area contributed by atoms with Crippen LogP contribution in [0.3, 0.4) is 0 Å². The maximum absolute atomic E-state index is 4.48. The third-order valence-electron chi connectivity index (χ3n) is 5.56. The summed E-state index contributed by atoms with van der Waals surface area (Å²) in [5.74, 6) is 1.63. The van der Waals surface area contributed by atoms with Crippen molar-refractivity contribution in [3.63, 3.8) is 0 Å². The van der Waals surface area contributed by atoms with E-state index in [0.29, 0.717) is 11.3 Å². The van der Waals surface area contributed by atoms with Gasteiger partial charge in [-0.25, -0.2) is 4.98 Å². The first kappa shape index (κ1) is 13.9. The lowest BCUT2D eigenvalue weighted by atomic mass is 9.85. The second-order valence-corrected chi connectivity index (χ2v) is 6.91. The van der Waals surface area contributed by atoms with E-state index < -0.39 is 0 Å². The van der Waals surface area contributed by atoms with Crippen molar-refractivity contribution in [2.24, 2.45) is 11.8 Å². The fourth-order valence-electron chi connectivity index (χ4n) is 3.90. The Kier molecular flexibility index (Phi) is 4.28. The number of hydrogen-bond donors (Lipinski definition) is 1. The van der Waals surface area contributed by atoms with Crippen LogP contribution < -0.4 is 0 Å². The van der Waals surface area contributed by atoms with Crippen LogP contribution in [-0.2, 0) is 5.41 Å². The Bertz CT molecular complexity index is 422. The normalized spacial score (nSPS) is 24.1. The maximum Gasteiger partial charge on any atom is 0.0923 e. The van der Waals surface area contributed by atoms with Gasteiger partial charge in [0.05, 0.1) is 12.0 Å². The van der Waals surface area contributed by atoms with Crippen LogP contribution in [0.4, 0.5) is 0 Å². The summed E-state index contributed by atoms with van der Waals surface area (Å²) in [6.07, 6.45) is 21.4. The van der Waals surface area contributed by atoms with Crippen molar-refractivity contribution in [1.29, 1.82) is 0 Å². The molecule has 1 N–H and O–H groups in total. The molecule has 20 heavy (non-hydrogen) atoms. The number of nitrogens with zero attached hydrogens (tertiary/aromatic N) is 1. The van der Waals surface area contributed by atoms with E-state index in [2.05, 4.69) is 35.2 Å². The number of rotatable bonds is 6. The van der Waals surface area contributed by atoms with Crippen LogP contribution in [0.2, 0.25) is 0 Å². The zero-order valence-corrected chi connectivity index (χ0v) is 12.8. The smallest absolute Gasteiger partial charge is 0.0923 e. The molecule has 2 aliphatic rings. The Balaban J connectivity index is 1.46. The molecule has 1 aromatic heterocycles. The molecule has 2 saturated carbocycles. The van der Waals surface area contributed by atoms with Crippen LogP contribution in [0.25, 0.3) is 0 Å². The summed E-state index contributed by atoms with van der Waals surface area (Å²) >= 11 is 0. The molecule has 0 amide bonds. The molecular weight excluding hydrogens is 244 g/mol. The monoisotopic (exact) mass is 272 g/mol. The molecule has 0 bridgehead atoms. The molecule has 0 unspecified atom stereocenters. The van der Waals surface area contributed by atoms with Crippen LogP contribution in [0, 0.1) is 11.8 Å². The summed E-state index contributed by atoms with van der Waals surface area (Å²) in [6.45, 7) is 2.36. The van der Waals surface area contributed by atoms with E-state index in [1.165, 1.54) is 63.5 Å². The molecule has 2 nitrogen and oxygen atoms in total. The third kappa shape index (κ3) is 2.99. The fraction of sp³-hybridized carbons (Fsp3) is 0.722. The summed E-state index contributed by atoms with van der Waals surface area (Å²) in [5.41, 5.74) is 1.61. The third-order valence-corrected chi connectivity index (χ3v) is 5.56. The van der Waals surface area contributed by atoms with Gasteiger partial charge in [-0.1, -0.05) is 51.2 Å². The molecule has 0 spiro atoms. The lowest BCUT2D eigenvalue weighted by Crippen LogP contribution is -2.16. The molecule has 1 heterocycles. The predicted octanol–water partition coefficient (Wildman–Crippen LogP) is 4.99. The average molecular weight is 272 g/mol. The van der Waals surface area contributed by atoms with E-state index in [1.807, 2.05) is 6.33 Å². The molecule has 0 saturated heterocycles. The Morgan fingerprint density at radius 1 is 1.35 bits per heavy atom. The number of nitrogens with one attached hydrogen (secondary N) is 1. The summed E-state index contributed by atoms with van der Waals surface area (Å²) < 4.78 is 0. The van der Waals surface area contributed by atoms with Gasteiger partial charge in [-0.15, -0.1) is 0 Å². The highest BCUT2D eigenvalue weighted by Gasteiger charge is 2.49. The van der Waals surface area contributed by atoms with Crippen molar-refractivity contribution in [3.05, 3.63) is 30.4 Å². The van der Waals surface area contributed by atoms with Gasteiger partial charge in [0, 0.05) is 11.6 Å². The molecule has 110 valence electrons. The van der Waals surface area contributed by atoms with E-state index >= 15 is 0 Å². The van der Waals surface area contributed by atoms with Crippen molar-refractivity contribution in [1.82, 2.24) is 9.97 Å². The molecule has 2 aliphatic carbocycles. The highest BCUT2D eigenvalue weighted by atomic mass is 14.9. The minimum atomic E-state index is 0.349. The van der Waals surface area contributed by atoms with Gasteiger partial charge in [-0.2, -0.15) is 0 Å². The van der Waals surface area contributed by atoms with E-state index in [0.717, 1.165) is 5.92 Å². The van der Waals surface area contributed by atoms with Gasteiger partial charge in [0.2, 0.25) is 0 Å². The molecule has 3 rings (SSSR count). The number of imidazole rings is 1. The van der Waals surface area contributed by atoms with E-state index in [9.17, 15) is 0 Å².